The summed E-state index contributed by atoms with van der Waals surface area (Å²) in [5, 5.41) is 9.08. The SMILES string of the molecule is CCNC(=NCc1ccnc(OCC)c1)NCC(c1cccs1)N1CCCC1. The zero-order valence-corrected chi connectivity index (χ0v) is 17.7. The molecule has 0 bridgehead atoms. The number of thiophene rings is 1. The highest BCUT2D eigenvalue weighted by atomic mass is 32.1. The number of guanidine groups is 1. The predicted molar refractivity (Wildman–Crippen MR) is 116 cm³/mol. The van der Waals surface area contributed by atoms with Gasteiger partial charge in [0, 0.05) is 30.2 Å². The average Bonchev–Trinajstić information content (AvgIpc) is 3.41. The maximum Gasteiger partial charge on any atom is 0.213 e. The minimum Gasteiger partial charge on any atom is -0.478 e. The van der Waals surface area contributed by atoms with E-state index in [9.17, 15) is 0 Å². The van der Waals surface area contributed by atoms with E-state index >= 15 is 0 Å². The van der Waals surface area contributed by atoms with Crippen LogP contribution in [-0.2, 0) is 6.54 Å². The van der Waals surface area contributed by atoms with Crippen LogP contribution in [0.25, 0.3) is 0 Å². The Labute approximate surface area is 172 Å². The molecule has 0 aliphatic carbocycles. The van der Waals surface area contributed by atoms with Crippen molar-refractivity contribution < 1.29 is 4.74 Å². The summed E-state index contributed by atoms with van der Waals surface area (Å²) >= 11 is 1.84. The summed E-state index contributed by atoms with van der Waals surface area (Å²) in [7, 11) is 0. The third-order valence-corrected chi connectivity index (χ3v) is 5.74. The van der Waals surface area contributed by atoms with Crippen LogP contribution in [0.15, 0.2) is 40.8 Å². The molecule has 2 aromatic rings. The van der Waals surface area contributed by atoms with Crippen molar-refractivity contribution in [3.05, 3.63) is 46.3 Å². The number of pyridine rings is 1. The number of ether oxygens (including phenoxy) is 1. The Morgan fingerprint density at radius 1 is 1.29 bits per heavy atom. The molecule has 0 saturated carbocycles. The Kier molecular flexibility index (Phi) is 8.11. The van der Waals surface area contributed by atoms with Gasteiger partial charge < -0.3 is 15.4 Å². The minimum atomic E-state index is 0.400. The molecule has 3 heterocycles. The van der Waals surface area contributed by atoms with Gasteiger partial charge in [-0.15, -0.1) is 11.3 Å². The van der Waals surface area contributed by atoms with E-state index in [1.807, 2.05) is 30.4 Å². The van der Waals surface area contributed by atoms with Crippen LogP contribution in [0.2, 0.25) is 0 Å². The van der Waals surface area contributed by atoms with Gasteiger partial charge in [-0.1, -0.05) is 6.07 Å². The van der Waals surface area contributed by atoms with Gasteiger partial charge in [0.1, 0.15) is 0 Å². The summed E-state index contributed by atoms with van der Waals surface area (Å²) in [5.74, 6) is 1.50. The molecule has 0 spiro atoms. The van der Waals surface area contributed by atoms with Gasteiger partial charge in [0.2, 0.25) is 5.88 Å². The number of nitrogens with one attached hydrogen (secondary N) is 2. The smallest absolute Gasteiger partial charge is 0.213 e. The van der Waals surface area contributed by atoms with Crippen molar-refractivity contribution in [2.75, 3.05) is 32.8 Å². The fourth-order valence-corrected chi connectivity index (χ4v) is 4.29. The van der Waals surface area contributed by atoms with Crippen LogP contribution in [0.1, 0.15) is 43.2 Å². The van der Waals surface area contributed by atoms with Gasteiger partial charge in [-0.05, 0) is 62.9 Å². The number of nitrogens with zero attached hydrogens (tertiary/aromatic N) is 3. The predicted octanol–water partition coefficient (Wildman–Crippen LogP) is 3.43. The first-order valence-electron chi connectivity index (χ1n) is 10.2. The zero-order valence-electron chi connectivity index (χ0n) is 16.9. The van der Waals surface area contributed by atoms with Crippen LogP contribution in [0.5, 0.6) is 5.88 Å². The molecule has 7 heteroatoms. The third-order valence-electron chi connectivity index (χ3n) is 4.77. The summed E-state index contributed by atoms with van der Waals surface area (Å²) in [5.41, 5.74) is 1.09. The van der Waals surface area contributed by atoms with E-state index in [1.165, 1.54) is 30.8 Å². The van der Waals surface area contributed by atoms with Gasteiger partial charge in [0.15, 0.2) is 5.96 Å². The fourth-order valence-electron chi connectivity index (χ4n) is 3.42. The number of rotatable bonds is 9. The van der Waals surface area contributed by atoms with Gasteiger partial charge in [-0.2, -0.15) is 0 Å². The molecule has 28 heavy (non-hydrogen) atoms. The summed E-state index contributed by atoms with van der Waals surface area (Å²) in [6, 6.07) is 8.72. The Balaban J connectivity index is 1.64. The maximum atomic E-state index is 5.48. The molecule has 1 unspecified atom stereocenters. The summed E-state index contributed by atoms with van der Waals surface area (Å²) in [6.45, 7) is 9.30. The van der Waals surface area contributed by atoms with Gasteiger partial charge in [0.05, 0.1) is 19.2 Å². The van der Waals surface area contributed by atoms with Gasteiger partial charge in [0.25, 0.3) is 0 Å². The summed E-state index contributed by atoms with van der Waals surface area (Å²) in [4.78, 5) is 13.0. The first-order valence-corrected chi connectivity index (χ1v) is 11.1. The van der Waals surface area contributed by atoms with Crippen LogP contribution in [0.4, 0.5) is 0 Å². The Morgan fingerprint density at radius 2 is 2.14 bits per heavy atom. The second-order valence-electron chi connectivity index (χ2n) is 6.79. The van der Waals surface area contributed by atoms with E-state index in [1.54, 1.807) is 6.20 Å². The van der Waals surface area contributed by atoms with Crippen molar-refractivity contribution in [3.63, 3.8) is 0 Å². The van der Waals surface area contributed by atoms with E-state index in [2.05, 4.69) is 45.0 Å². The molecule has 1 atom stereocenters. The van der Waals surface area contributed by atoms with E-state index in [-0.39, 0.29) is 0 Å². The molecule has 6 nitrogen and oxygen atoms in total. The third kappa shape index (κ3) is 5.94. The molecule has 0 radical (unpaired) electrons. The van der Waals surface area contributed by atoms with Crippen molar-refractivity contribution in [2.24, 2.45) is 4.99 Å². The van der Waals surface area contributed by atoms with Crippen molar-refractivity contribution >= 4 is 17.3 Å². The maximum absolute atomic E-state index is 5.48. The lowest BCUT2D eigenvalue weighted by Crippen LogP contribution is -2.42. The molecule has 1 fully saturated rings. The van der Waals surface area contributed by atoms with Gasteiger partial charge >= 0.3 is 0 Å². The first kappa shape index (κ1) is 20.6. The molecule has 1 aliphatic heterocycles. The highest BCUT2D eigenvalue weighted by Gasteiger charge is 2.24. The molecule has 3 rings (SSSR count). The largest absolute Gasteiger partial charge is 0.478 e. The summed E-state index contributed by atoms with van der Waals surface area (Å²) in [6.07, 6.45) is 4.36. The normalized spacial score (nSPS) is 16.1. The molecule has 1 saturated heterocycles. The molecule has 152 valence electrons. The molecule has 2 N–H and O–H groups in total. The quantitative estimate of drug-likeness (QED) is 0.498. The van der Waals surface area contributed by atoms with Crippen molar-refractivity contribution in [3.8, 4) is 5.88 Å². The van der Waals surface area contributed by atoms with Gasteiger partial charge in [-0.25, -0.2) is 9.98 Å². The van der Waals surface area contributed by atoms with E-state index < -0.39 is 0 Å². The van der Waals surface area contributed by atoms with Crippen molar-refractivity contribution in [2.45, 2.75) is 39.3 Å². The van der Waals surface area contributed by atoms with Crippen LogP contribution in [-0.4, -0.2) is 48.6 Å². The molecule has 0 aromatic carbocycles. The number of aromatic nitrogens is 1. The van der Waals surface area contributed by atoms with Crippen molar-refractivity contribution in [1.82, 2.24) is 20.5 Å². The van der Waals surface area contributed by atoms with Crippen LogP contribution in [0.3, 0.4) is 0 Å². The topological polar surface area (TPSA) is 61.8 Å². The molecule has 2 aromatic heterocycles. The minimum absolute atomic E-state index is 0.400. The van der Waals surface area contributed by atoms with Crippen LogP contribution >= 0.6 is 11.3 Å². The standard InChI is InChI=1S/C21H31N5OS/c1-3-22-21(24-15-17-9-10-23-20(14-17)27-4-2)25-16-18(19-8-7-13-28-19)26-11-5-6-12-26/h7-10,13-14,18H,3-6,11-12,15-16H2,1-2H3,(H2,22,24,25). The first-order chi connectivity index (χ1) is 13.8. The van der Waals surface area contributed by atoms with Crippen molar-refractivity contribution in [1.29, 1.82) is 0 Å². The van der Waals surface area contributed by atoms with E-state index in [4.69, 9.17) is 9.73 Å². The fraction of sp³-hybridized carbons (Fsp3) is 0.524. The van der Waals surface area contributed by atoms with Gasteiger partial charge in [-0.3, -0.25) is 4.90 Å². The lowest BCUT2D eigenvalue weighted by Gasteiger charge is -2.27. The molecular weight excluding hydrogens is 370 g/mol. The van der Waals surface area contributed by atoms with E-state index in [0.29, 0.717) is 25.1 Å². The number of aliphatic imine (C=N–C) groups is 1. The monoisotopic (exact) mass is 401 g/mol. The van der Waals surface area contributed by atoms with E-state index in [0.717, 1.165) is 24.6 Å². The van der Waals surface area contributed by atoms with Crippen LogP contribution in [0, 0.1) is 0 Å². The zero-order chi connectivity index (χ0) is 19.6. The molecular formula is C21H31N5OS. The highest BCUT2D eigenvalue weighted by molar-refractivity contribution is 7.10. The highest BCUT2D eigenvalue weighted by Crippen LogP contribution is 2.27. The number of likely N-dealkylation sites (tertiary alicyclic amines) is 1. The molecule has 0 amide bonds. The Bertz CT molecular complexity index is 728. The number of hydrogen-bond acceptors (Lipinski definition) is 5. The second kappa shape index (κ2) is 11.0. The average molecular weight is 402 g/mol. The van der Waals surface area contributed by atoms with Crippen LogP contribution < -0.4 is 15.4 Å². The lowest BCUT2D eigenvalue weighted by molar-refractivity contribution is 0.249. The Hall–Kier alpha value is -2.12. The lowest BCUT2D eigenvalue weighted by atomic mass is 10.2. The molecule has 1 aliphatic rings. The Morgan fingerprint density at radius 3 is 2.86 bits per heavy atom. The second-order valence-corrected chi connectivity index (χ2v) is 7.76. The summed E-state index contributed by atoms with van der Waals surface area (Å²) < 4.78 is 5.48. The number of hydrogen-bond donors (Lipinski definition) is 2.